The van der Waals surface area contributed by atoms with E-state index in [9.17, 15) is 0 Å². The number of rotatable bonds is 7. The third kappa shape index (κ3) is 6.13. The van der Waals surface area contributed by atoms with Crippen molar-refractivity contribution in [3.8, 4) is 0 Å². The van der Waals surface area contributed by atoms with Gasteiger partial charge in [-0.25, -0.2) is 0 Å². The normalized spacial score (nSPS) is 24.0. The topological polar surface area (TPSA) is 30.5 Å². The molecule has 0 spiro atoms. The molecule has 0 bridgehead atoms. The van der Waals surface area contributed by atoms with Crippen LogP contribution in [-0.4, -0.2) is 39.0 Å². The maximum atomic E-state index is 5.78. The van der Waals surface area contributed by atoms with E-state index in [0.717, 1.165) is 26.2 Å². The van der Waals surface area contributed by atoms with Gasteiger partial charge in [-0.1, -0.05) is 0 Å². The lowest BCUT2D eigenvalue weighted by Gasteiger charge is -2.24. The Morgan fingerprint density at radius 1 is 1.47 bits per heavy atom. The first-order chi connectivity index (χ1) is 7.33. The summed E-state index contributed by atoms with van der Waals surface area (Å²) in [5, 5.41) is 3.15. The molecule has 1 rings (SSSR count). The van der Waals surface area contributed by atoms with Crippen molar-refractivity contribution in [2.24, 2.45) is 0 Å². The van der Waals surface area contributed by atoms with Gasteiger partial charge in [0, 0.05) is 6.61 Å². The molecule has 3 nitrogen and oxygen atoms in total. The van der Waals surface area contributed by atoms with Crippen molar-refractivity contribution in [1.82, 2.24) is 5.32 Å². The molecule has 2 unspecified atom stereocenters. The Hall–Kier alpha value is -0.120. The fourth-order valence-corrected chi connectivity index (χ4v) is 1.86. The average Bonchev–Trinajstić information content (AvgIpc) is 2.28. The first-order valence-corrected chi connectivity index (χ1v) is 6.20. The first kappa shape index (κ1) is 12.9. The first-order valence-electron chi connectivity index (χ1n) is 6.20. The quantitative estimate of drug-likeness (QED) is 0.659. The zero-order valence-corrected chi connectivity index (χ0v) is 10.1. The molecule has 0 saturated carbocycles. The van der Waals surface area contributed by atoms with E-state index in [1.807, 2.05) is 7.05 Å². The van der Waals surface area contributed by atoms with Gasteiger partial charge in [0.1, 0.15) is 0 Å². The van der Waals surface area contributed by atoms with Crippen molar-refractivity contribution in [1.29, 1.82) is 0 Å². The summed E-state index contributed by atoms with van der Waals surface area (Å²) in [6.45, 7) is 4.93. The Labute approximate surface area is 93.5 Å². The Morgan fingerprint density at radius 3 is 3.00 bits per heavy atom. The Bertz CT molecular complexity index is 147. The van der Waals surface area contributed by atoms with Gasteiger partial charge in [-0.2, -0.15) is 0 Å². The molecule has 3 heteroatoms. The van der Waals surface area contributed by atoms with E-state index in [4.69, 9.17) is 9.47 Å². The van der Waals surface area contributed by atoms with Gasteiger partial charge < -0.3 is 14.8 Å². The van der Waals surface area contributed by atoms with Crippen LogP contribution in [-0.2, 0) is 9.47 Å². The maximum Gasteiger partial charge on any atom is 0.0808 e. The van der Waals surface area contributed by atoms with Crippen molar-refractivity contribution in [2.45, 2.75) is 51.2 Å². The minimum Gasteiger partial charge on any atom is -0.376 e. The summed E-state index contributed by atoms with van der Waals surface area (Å²) in [6.07, 6.45) is 6.71. The van der Waals surface area contributed by atoms with E-state index in [1.165, 1.54) is 25.7 Å². The Morgan fingerprint density at radius 2 is 2.33 bits per heavy atom. The van der Waals surface area contributed by atoms with Crippen molar-refractivity contribution in [3.05, 3.63) is 0 Å². The lowest BCUT2D eigenvalue weighted by molar-refractivity contribution is -0.0605. The third-order valence-electron chi connectivity index (χ3n) is 2.88. The summed E-state index contributed by atoms with van der Waals surface area (Å²) in [4.78, 5) is 0. The monoisotopic (exact) mass is 215 g/mol. The van der Waals surface area contributed by atoms with Crippen LogP contribution in [0.3, 0.4) is 0 Å². The second-order valence-electron chi connectivity index (χ2n) is 4.38. The highest BCUT2D eigenvalue weighted by molar-refractivity contribution is 4.63. The van der Waals surface area contributed by atoms with Gasteiger partial charge in [-0.15, -0.1) is 0 Å². The number of hydrogen-bond donors (Lipinski definition) is 1. The van der Waals surface area contributed by atoms with Crippen molar-refractivity contribution < 1.29 is 9.47 Å². The zero-order valence-electron chi connectivity index (χ0n) is 10.1. The molecule has 2 atom stereocenters. The van der Waals surface area contributed by atoms with Crippen molar-refractivity contribution in [2.75, 3.05) is 26.8 Å². The van der Waals surface area contributed by atoms with Gasteiger partial charge in [0.05, 0.1) is 18.8 Å². The van der Waals surface area contributed by atoms with Crippen LogP contribution in [0.4, 0.5) is 0 Å². The van der Waals surface area contributed by atoms with Gasteiger partial charge in [-0.05, 0) is 52.6 Å². The maximum absolute atomic E-state index is 5.78. The van der Waals surface area contributed by atoms with E-state index in [-0.39, 0.29) is 0 Å². The lowest BCUT2D eigenvalue weighted by Crippen LogP contribution is -2.26. The van der Waals surface area contributed by atoms with E-state index < -0.39 is 0 Å². The van der Waals surface area contributed by atoms with Gasteiger partial charge in [0.2, 0.25) is 0 Å². The minimum absolute atomic E-state index is 0.352. The molecule has 0 aromatic heterocycles. The molecule has 1 N–H and O–H groups in total. The summed E-state index contributed by atoms with van der Waals surface area (Å²) in [5.41, 5.74) is 0. The predicted molar refractivity (Wildman–Crippen MR) is 62.2 cm³/mol. The van der Waals surface area contributed by atoms with Crippen LogP contribution in [0.1, 0.15) is 39.0 Å². The highest BCUT2D eigenvalue weighted by atomic mass is 16.5. The van der Waals surface area contributed by atoms with Gasteiger partial charge in [-0.3, -0.25) is 0 Å². The van der Waals surface area contributed by atoms with Gasteiger partial charge in [0.25, 0.3) is 0 Å². The zero-order chi connectivity index (χ0) is 10.9. The number of nitrogens with one attached hydrogen (secondary N) is 1. The summed E-state index contributed by atoms with van der Waals surface area (Å²) < 4.78 is 11.4. The van der Waals surface area contributed by atoms with Crippen LogP contribution in [0.5, 0.6) is 0 Å². The van der Waals surface area contributed by atoms with Crippen LogP contribution in [0, 0.1) is 0 Å². The molecule has 90 valence electrons. The summed E-state index contributed by atoms with van der Waals surface area (Å²) in [6, 6.07) is 0. The molecule has 1 heterocycles. The summed E-state index contributed by atoms with van der Waals surface area (Å²) in [5.74, 6) is 0. The second kappa shape index (κ2) is 8.08. The fraction of sp³-hybridized carbons (Fsp3) is 1.00. The molecule has 0 aliphatic carbocycles. The molecule has 0 amide bonds. The SMILES string of the molecule is CNCCCC(C)OCC1CCCCO1. The van der Waals surface area contributed by atoms with Crippen LogP contribution >= 0.6 is 0 Å². The number of ether oxygens (including phenoxy) is 2. The number of hydrogen-bond acceptors (Lipinski definition) is 3. The van der Waals surface area contributed by atoms with Crippen molar-refractivity contribution in [3.63, 3.8) is 0 Å². The van der Waals surface area contributed by atoms with Gasteiger partial charge >= 0.3 is 0 Å². The van der Waals surface area contributed by atoms with Crippen LogP contribution in [0.25, 0.3) is 0 Å². The van der Waals surface area contributed by atoms with Crippen LogP contribution in [0.15, 0.2) is 0 Å². The molecule has 1 saturated heterocycles. The molecule has 0 radical (unpaired) electrons. The second-order valence-corrected chi connectivity index (χ2v) is 4.38. The Kier molecular flexibility index (Phi) is 6.98. The smallest absolute Gasteiger partial charge is 0.0808 e. The highest BCUT2D eigenvalue weighted by Crippen LogP contribution is 2.14. The van der Waals surface area contributed by atoms with Crippen LogP contribution in [0.2, 0.25) is 0 Å². The molecule has 0 aromatic carbocycles. The van der Waals surface area contributed by atoms with E-state index in [1.54, 1.807) is 0 Å². The largest absolute Gasteiger partial charge is 0.376 e. The molecule has 15 heavy (non-hydrogen) atoms. The van der Waals surface area contributed by atoms with E-state index in [0.29, 0.717) is 12.2 Å². The van der Waals surface area contributed by atoms with Crippen molar-refractivity contribution >= 4 is 0 Å². The van der Waals surface area contributed by atoms with E-state index >= 15 is 0 Å². The van der Waals surface area contributed by atoms with Crippen LogP contribution < -0.4 is 5.32 Å². The summed E-state index contributed by atoms with van der Waals surface area (Å²) in [7, 11) is 1.99. The Balaban J connectivity index is 1.97. The summed E-state index contributed by atoms with van der Waals surface area (Å²) >= 11 is 0. The standard InChI is InChI=1S/C12H25NO2/c1-11(6-5-8-13-2)15-10-12-7-3-4-9-14-12/h11-13H,3-10H2,1-2H3. The molecule has 1 aliphatic rings. The minimum atomic E-state index is 0.352. The molecular formula is C12H25NO2. The van der Waals surface area contributed by atoms with E-state index in [2.05, 4.69) is 12.2 Å². The molecule has 0 aromatic rings. The lowest BCUT2D eigenvalue weighted by atomic mass is 10.1. The fourth-order valence-electron chi connectivity index (χ4n) is 1.86. The molecular weight excluding hydrogens is 190 g/mol. The predicted octanol–water partition coefficient (Wildman–Crippen LogP) is 1.96. The third-order valence-corrected chi connectivity index (χ3v) is 2.88. The molecule has 1 fully saturated rings. The average molecular weight is 215 g/mol. The molecule has 1 aliphatic heterocycles. The van der Waals surface area contributed by atoms with Gasteiger partial charge in [0.15, 0.2) is 0 Å². The highest BCUT2D eigenvalue weighted by Gasteiger charge is 2.14.